The monoisotopic (exact) mass is 490 g/mol. The van der Waals surface area contributed by atoms with Crippen LogP contribution in [0.25, 0.3) is 0 Å². The second-order valence-corrected chi connectivity index (χ2v) is 9.69. The number of nitrogens with zero attached hydrogens (tertiary/aromatic N) is 2. The zero-order valence-electron chi connectivity index (χ0n) is 20.0. The number of hydrogen-bond donors (Lipinski definition) is 2. The fraction of sp³-hybridized carbons (Fsp3) is 0.542. The standard InChI is InChI=1S/C24H34N4O5S/c1-17-13-22(27-33-17)26-24(30)18(2)34-16-23(29)25-15-19-5-4-6-21(14-19)32-12-9-28(3)20-7-10-31-11-8-20/h4-6,13-14,18,20H,7-12,15-16H2,1-3H3,(H,25,29)(H,26,27,30). The Balaban J connectivity index is 1.34. The van der Waals surface area contributed by atoms with E-state index < -0.39 is 5.25 Å². The van der Waals surface area contributed by atoms with Crippen molar-refractivity contribution in [3.8, 4) is 5.75 Å². The molecule has 0 bridgehead atoms. The first-order valence-corrected chi connectivity index (χ1v) is 12.6. The third-order valence-electron chi connectivity index (χ3n) is 5.63. The number of likely N-dealkylation sites (N-methyl/N-ethyl adjacent to an activating group) is 1. The van der Waals surface area contributed by atoms with Gasteiger partial charge in [-0.25, -0.2) is 0 Å². The molecule has 1 atom stereocenters. The van der Waals surface area contributed by atoms with Gasteiger partial charge >= 0.3 is 0 Å². The molecule has 0 radical (unpaired) electrons. The molecule has 2 aromatic rings. The van der Waals surface area contributed by atoms with Gasteiger partial charge in [0, 0.05) is 38.4 Å². The number of amides is 2. The molecule has 0 spiro atoms. The minimum absolute atomic E-state index is 0.133. The summed E-state index contributed by atoms with van der Waals surface area (Å²) in [6.07, 6.45) is 2.13. The van der Waals surface area contributed by atoms with Crippen molar-refractivity contribution in [3.05, 3.63) is 41.7 Å². The number of anilines is 1. The molecule has 186 valence electrons. The van der Waals surface area contributed by atoms with E-state index in [9.17, 15) is 9.59 Å². The minimum Gasteiger partial charge on any atom is -0.492 e. The van der Waals surface area contributed by atoms with Gasteiger partial charge in [0.25, 0.3) is 0 Å². The smallest absolute Gasteiger partial charge is 0.238 e. The number of ether oxygens (including phenoxy) is 2. The molecule has 1 aliphatic rings. The van der Waals surface area contributed by atoms with Crippen molar-refractivity contribution in [2.24, 2.45) is 0 Å². The van der Waals surface area contributed by atoms with E-state index in [1.807, 2.05) is 24.3 Å². The molecular weight excluding hydrogens is 456 g/mol. The van der Waals surface area contributed by atoms with E-state index in [1.165, 1.54) is 11.8 Å². The zero-order valence-corrected chi connectivity index (χ0v) is 20.9. The van der Waals surface area contributed by atoms with Gasteiger partial charge < -0.3 is 24.6 Å². The molecule has 1 unspecified atom stereocenters. The van der Waals surface area contributed by atoms with Gasteiger partial charge in [-0.05, 0) is 51.4 Å². The Morgan fingerprint density at radius 1 is 1.29 bits per heavy atom. The number of carbonyl (C=O) groups is 2. The molecule has 0 saturated carbocycles. The first kappa shape index (κ1) is 26.1. The van der Waals surface area contributed by atoms with Crippen LogP contribution in [-0.4, -0.2) is 72.3 Å². The van der Waals surface area contributed by atoms with Crippen molar-refractivity contribution >= 4 is 29.4 Å². The molecule has 1 fully saturated rings. The number of nitrogens with one attached hydrogen (secondary N) is 2. The summed E-state index contributed by atoms with van der Waals surface area (Å²) in [4.78, 5) is 26.8. The Labute approximate surface area is 204 Å². The lowest BCUT2D eigenvalue weighted by molar-refractivity contribution is -0.118. The zero-order chi connectivity index (χ0) is 24.3. The highest BCUT2D eigenvalue weighted by Crippen LogP contribution is 2.16. The average Bonchev–Trinajstić information content (AvgIpc) is 3.26. The van der Waals surface area contributed by atoms with Gasteiger partial charge in [-0.15, -0.1) is 11.8 Å². The largest absolute Gasteiger partial charge is 0.492 e. The van der Waals surface area contributed by atoms with Crippen LogP contribution in [0.1, 0.15) is 31.1 Å². The van der Waals surface area contributed by atoms with E-state index in [0.717, 1.165) is 43.9 Å². The van der Waals surface area contributed by atoms with Crippen LogP contribution in [0.5, 0.6) is 5.75 Å². The Kier molecular flexibility index (Phi) is 10.2. The maximum atomic E-state index is 12.3. The van der Waals surface area contributed by atoms with Crippen LogP contribution in [0.2, 0.25) is 0 Å². The van der Waals surface area contributed by atoms with E-state index in [2.05, 4.69) is 27.7 Å². The lowest BCUT2D eigenvalue weighted by atomic mass is 10.1. The number of hydrogen-bond acceptors (Lipinski definition) is 8. The molecule has 2 N–H and O–H groups in total. The quantitative estimate of drug-likeness (QED) is 0.468. The second-order valence-electron chi connectivity index (χ2n) is 8.36. The molecule has 1 aromatic carbocycles. The molecule has 2 amide bonds. The third kappa shape index (κ3) is 8.66. The normalized spacial score (nSPS) is 15.2. The van der Waals surface area contributed by atoms with Gasteiger partial charge in [0.2, 0.25) is 11.8 Å². The van der Waals surface area contributed by atoms with Crippen LogP contribution in [0.15, 0.2) is 34.9 Å². The highest BCUT2D eigenvalue weighted by molar-refractivity contribution is 8.01. The van der Waals surface area contributed by atoms with Crippen molar-refractivity contribution < 1.29 is 23.6 Å². The van der Waals surface area contributed by atoms with Crippen molar-refractivity contribution in [2.75, 3.05) is 44.5 Å². The van der Waals surface area contributed by atoms with Crippen LogP contribution < -0.4 is 15.4 Å². The van der Waals surface area contributed by atoms with E-state index in [-0.39, 0.29) is 17.6 Å². The molecule has 34 heavy (non-hydrogen) atoms. The Bertz CT molecular complexity index is 932. The Morgan fingerprint density at radius 2 is 2.09 bits per heavy atom. The van der Waals surface area contributed by atoms with Crippen LogP contribution in [-0.2, 0) is 20.9 Å². The molecule has 1 saturated heterocycles. The van der Waals surface area contributed by atoms with Crippen LogP contribution in [0.3, 0.4) is 0 Å². The van der Waals surface area contributed by atoms with E-state index >= 15 is 0 Å². The topological polar surface area (TPSA) is 106 Å². The number of aromatic nitrogens is 1. The fourth-order valence-electron chi connectivity index (χ4n) is 3.54. The number of benzene rings is 1. The summed E-state index contributed by atoms with van der Waals surface area (Å²) in [5.74, 6) is 1.60. The molecule has 1 aliphatic heterocycles. The predicted octanol–water partition coefficient (Wildman–Crippen LogP) is 2.85. The lowest BCUT2D eigenvalue weighted by Crippen LogP contribution is -2.38. The summed E-state index contributed by atoms with van der Waals surface area (Å²) in [6.45, 7) is 7.02. The summed E-state index contributed by atoms with van der Waals surface area (Å²) in [7, 11) is 2.13. The van der Waals surface area contributed by atoms with Gasteiger partial charge in [-0.3, -0.25) is 14.5 Å². The van der Waals surface area contributed by atoms with Gasteiger partial charge in [0.1, 0.15) is 18.1 Å². The highest BCUT2D eigenvalue weighted by Gasteiger charge is 2.18. The fourth-order valence-corrected chi connectivity index (χ4v) is 4.26. The van der Waals surface area contributed by atoms with Crippen molar-refractivity contribution in [1.82, 2.24) is 15.4 Å². The summed E-state index contributed by atoms with van der Waals surface area (Å²) >= 11 is 1.26. The minimum atomic E-state index is -0.404. The summed E-state index contributed by atoms with van der Waals surface area (Å²) < 4.78 is 16.3. The van der Waals surface area contributed by atoms with Gasteiger partial charge in [-0.1, -0.05) is 17.3 Å². The summed E-state index contributed by atoms with van der Waals surface area (Å²) in [5.41, 5.74) is 0.959. The number of thioether (sulfide) groups is 1. The van der Waals surface area contributed by atoms with Crippen molar-refractivity contribution in [3.63, 3.8) is 0 Å². The SMILES string of the molecule is Cc1cc(NC(=O)C(C)SCC(=O)NCc2cccc(OCCN(C)C3CCOCC3)c2)no1. The Morgan fingerprint density at radius 3 is 2.82 bits per heavy atom. The van der Waals surface area contributed by atoms with Gasteiger partial charge in [0.05, 0.1) is 11.0 Å². The van der Waals surface area contributed by atoms with Crippen LogP contribution in [0, 0.1) is 6.92 Å². The molecule has 0 aliphatic carbocycles. The third-order valence-corrected chi connectivity index (χ3v) is 6.77. The molecular formula is C24H34N4O5S. The lowest BCUT2D eigenvalue weighted by Gasteiger charge is -2.31. The summed E-state index contributed by atoms with van der Waals surface area (Å²) in [5, 5.41) is 8.91. The second kappa shape index (κ2) is 13.4. The molecule has 2 heterocycles. The van der Waals surface area contributed by atoms with E-state index in [1.54, 1.807) is 19.9 Å². The first-order chi connectivity index (χ1) is 16.4. The van der Waals surface area contributed by atoms with E-state index in [4.69, 9.17) is 14.0 Å². The maximum Gasteiger partial charge on any atom is 0.238 e. The van der Waals surface area contributed by atoms with Gasteiger partial charge in [-0.2, -0.15) is 0 Å². The Hall–Kier alpha value is -2.56. The number of carbonyl (C=O) groups excluding carboxylic acids is 2. The van der Waals surface area contributed by atoms with Crippen LogP contribution in [0.4, 0.5) is 5.82 Å². The van der Waals surface area contributed by atoms with Crippen molar-refractivity contribution in [2.45, 2.75) is 44.5 Å². The molecule has 10 heteroatoms. The van der Waals surface area contributed by atoms with Crippen molar-refractivity contribution in [1.29, 1.82) is 0 Å². The molecule has 1 aromatic heterocycles. The number of aryl methyl sites for hydroxylation is 1. The highest BCUT2D eigenvalue weighted by atomic mass is 32.2. The first-order valence-electron chi connectivity index (χ1n) is 11.5. The maximum absolute atomic E-state index is 12.3. The average molecular weight is 491 g/mol. The molecule has 3 rings (SSSR count). The number of rotatable bonds is 12. The molecule has 9 nitrogen and oxygen atoms in total. The summed E-state index contributed by atoms with van der Waals surface area (Å²) in [6, 6.07) is 9.93. The van der Waals surface area contributed by atoms with Gasteiger partial charge in [0.15, 0.2) is 5.82 Å². The van der Waals surface area contributed by atoms with Crippen LogP contribution >= 0.6 is 11.8 Å². The van der Waals surface area contributed by atoms with E-state index in [0.29, 0.717) is 30.8 Å². The predicted molar refractivity (Wildman–Crippen MR) is 132 cm³/mol.